The zero-order valence-corrected chi connectivity index (χ0v) is 19.4. The summed E-state index contributed by atoms with van der Waals surface area (Å²) in [6, 6.07) is 13.5. The van der Waals surface area contributed by atoms with Gasteiger partial charge in [-0.05, 0) is 55.0 Å². The fourth-order valence-electron chi connectivity index (χ4n) is 2.61. The van der Waals surface area contributed by atoms with Crippen molar-refractivity contribution in [2.24, 2.45) is 0 Å². The Balaban J connectivity index is 1.58. The lowest BCUT2D eigenvalue weighted by Gasteiger charge is -2.11. The first-order valence-electron chi connectivity index (χ1n) is 9.61. The molecule has 0 saturated heterocycles. The molecule has 9 nitrogen and oxygen atoms in total. The van der Waals surface area contributed by atoms with E-state index in [1.54, 1.807) is 6.08 Å². The number of rotatable bonds is 7. The van der Waals surface area contributed by atoms with Crippen molar-refractivity contribution in [1.82, 2.24) is 15.3 Å². The molecule has 1 aromatic heterocycles. The van der Waals surface area contributed by atoms with Crippen LogP contribution in [0.5, 0.6) is 5.88 Å². The van der Waals surface area contributed by atoms with E-state index in [-0.39, 0.29) is 21.7 Å². The van der Waals surface area contributed by atoms with Gasteiger partial charge >= 0.3 is 0 Å². The van der Waals surface area contributed by atoms with E-state index in [0.717, 1.165) is 11.1 Å². The molecule has 11 heteroatoms. The Morgan fingerprint density at radius 2 is 1.70 bits per heavy atom. The second kappa shape index (κ2) is 10.7. The summed E-state index contributed by atoms with van der Waals surface area (Å²) in [6.45, 7) is 1.98. The van der Waals surface area contributed by atoms with Crippen LogP contribution in [0.25, 0.3) is 6.08 Å². The fourth-order valence-corrected chi connectivity index (χ4v) is 3.84. The maximum absolute atomic E-state index is 12.6. The van der Waals surface area contributed by atoms with Crippen molar-refractivity contribution in [3.63, 3.8) is 0 Å². The van der Waals surface area contributed by atoms with Crippen molar-refractivity contribution >= 4 is 50.8 Å². The van der Waals surface area contributed by atoms with Crippen molar-refractivity contribution in [2.45, 2.75) is 11.8 Å². The largest absolute Gasteiger partial charge is 0.478 e. The summed E-state index contributed by atoms with van der Waals surface area (Å²) in [5, 5.41) is 5.44. The molecule has 3 aromatic rings. The SMILES string of the molecule is COc1nccnc1NS(=O)(=O)c1ccc(NC(=S)NC(=O)C=Cc2ccc(C)cc2)cc1. The van der Waals surface area contributed by atoms with Crippen molar-refractivity contribution in [2.75, 3.05) is 17.1 Å². The highest BCUT2D eigenvalue weighted by atomic mass is 32.2. The first kappa shape index (κ1) is 23.8. The van der Waals surface area contributed by atoms with Gasteiger partial charge in [0, 0.05) is 24.2 Å². The number of hydrogen-bond donors (Lipinski definition) is 3. The first-order valence-corrected chi connectivity index (χ1v) is 11.5. The van der Waals surface area contributed by atoms with E-state index in [9.17, 15) is 13.2 Å². The van der Waals surface area contributed by atoms with Crippen LogP contribution in [-0.4, -0.2) is 36.5 Å². The number of ether oxygens (including phenoxy) is 1. The normalized spacial score (nSPS) is 11.1. The summed E-state index contributed by atoms with van der Waals surface area (Å²) in [6.07, 6.45) is 5.78. The molecule has 0 aliphatic heterocycles. The van der Waals surface area contributed by atoms with Gasteiger partial charge in [-0.25, -0.2) is 18.4 Å². The highest BCUT2D eigenvalue weighted by Crippen LogP contribution is 2.22. The van der Waals surface area contributed by atoms with Crippen LogP contribution in [0.15, 0.2) is 71.9 Å². The monoisotopic (exact) mass is 483 g/mol. The van der Waals surface area contributed by atoms with Gasteiger partial charge in [0.25, 0.3) is 15.9 Å². The second-order valence-electron chi connectivity index (χ2n) is 6.73. The Kier molecular flexibility index (Phi) is 7.70. The molecule has 0 aliphatic carbocycles. The number of sulfonamides is 1. The number of carbonyl (C=O) groups excluding carboxylic acids is 1. The molecule has 0 bridgehead atoms. The molecule has 1 heterocycles. The summed E-state index contributed by atoms with van der Waals surface area (Å²) < 4.78 is 32.6. The number of aromatic nitrogens is 2. The molecule has 0 saturated carbocycles. The van der Waals surface area contributed by atoms with E-state index in [0.29, 0.717) is 5.69 Å². The predicted molar refractivity (Wildman–Crippen MR) is 130 cm³/mol. The Morgan fingerprint density at radius 3 is 2.36 bits per heavy atom. The lowest BCUT2D eigenvalue weighted by Crippen LogP contribution is -2.32. The van der Waals surface area contributed by atoms with Crippen LogP contribution >= 0.6 is 12.2 Å². The number of benzene rings is 2. The Bertz CT molecular complexity index is 1270. The number of nitrogens with one attached hydrogen (secondary N) is 3. The zero-order valence-electron chi connectivity index (χ0n) is 17.8. The lowest BCUT2D eigenvalue weighted by molar-refractivity contribution is -0.115. The van der Waals surface area contributed by atoms with Gasteiger partial charge in [-0.1, -0.05) is 29.8 Å². The van der Waals surface area contributed by atoms with Gasteiger partial charge in [-0.2, -0.15) is 0 Å². The lowest BCUT2D eigenvalue weighted by atomic mass is 10.1. The molecule has 0 radical (unpaired) electrons. The highest BCUT2D eigenvalue weighted by molar-refractivity contribution is 7.92. The molecule has 0 unspecified atom stereocenters. The van der Waals surface area contributed by atoms with E-state index in [1.165, 1.54) is 49.8 Å². The number of aryl methyl sites for hydroxylation is 1. The van der Waals surface area contributed by atoms with Crippen LogP contribution in [0.1, 0.15) is 11.1 Å². The van der Waals surface area contributed by atoms with E-state index in [1.807, 2.05) is 31.2 Å². The summed E-state index contributed by atoms with van der Waals surface area (Å²) in [7, 11) is -2.56. The average molecular weight is 484 g/mol. The van der Waals surface area contributed by atoms with Gasteiger partial charge in [0.05, 0.1) is 12.0 Å². The topological polar surface area (TPSA) is 122 Å². The molecule has 2 aromatic carbocycles. The molecular weight excluding hydrogens is 462 g/mol. The molecule has 1 amide bonds. The molecular formula is C22H21N5O4S2. The molecule has 3 rings (SSSR count). The number of anilines is 2. The van der Waals surface area contributed by atoms with E-state index >= 15 is 0 Å². The molecule has 0 atom stereocenters. The van der Waals surface area contributed by atoms with Crippen molar-refractivity contribution in [1.29, 1.82) is 0 Å². The van der Waals surface area contributed by atoms with Crippen molar-refractivity contribution < 1.29 is 17.9 Å². The summed E-state index contributed by atoms with van der Waals surface area (Å²) in [5.74, 6) is -0.365. The minimum atomic E-state index is -3.92. The number of hydrogen-bond acceptors (Lipinski definition) is 7. The van der Waals surface area contributed by atoms with Gasteiger partial charge in [-0.15, -0.1) is 0 Å². The Hall–Kier alpha value is -3.83. The van der Waals surface area contributed by atoms with Crippen LogP contribution in [0, 0.1) is 6.92 Å². The number of nitrogens with zero attached hydrogens (tertiary/aromatic N) is 2. The first-order chi connectivity index (χ1) is 15.8. The van der Waals surface area contributed by atoms with Crippen LogP contribution in [0.4, 0.5) is 11.5 Å². The van der Waals surface area contributed by atoms with Gasteiger partial charge in [0.2, 0.25) is 11.7 Å². The smallest absolute Gasteiger partial charge is 0.263 e. The van der Waals surface area contributed by atoms with E-state index in [2.05, 4.69) is 25.3 Å². The average Bonchev–Trinajstić information content (AvgIpc) is 2.79. The predicted octanol–water partition coefficient (Wildman–Crippen LogP) is 3.12. The third-order valence-corrected chi connectivity index (χ3v) is 5.81. The van der Waals surface area contributed by atoms with Crippen molar-refractivity contribution in [3.05, 3.63) is 78.1 Å². The molecule has 0 spiro atoms. The quantitative estimate of drug-likeness (QED) is 0.346. The summed E-state index contributed by atoms with van der Waals surface area (Å²) in [4.78, 5) is 19.9. The molecule has 170 valence electrons. The number of methoxy groups -OCH3 is 1. The van der Waals surface area contributed by atoms with Crippen molar-refractivity contribution in [3.8, 4) is 5.88 Å². The minimum Gasteiger partial charge on any atom is -0.478 e. The maximum atomic E-state index is 12.6. The Morgan fingerprint density at radius 1 is 1.03 bits per heavy atom. The highest BCUT2D eigenvalue weighted by Gasteiger charge is 2.18. The number of amides is 1. The number of carbonyl (C=O) groups is 1. The van der Waals surface area contributed by atoms with E-state index < -0.39 is 15.9 Å². The third-order valence-electron chi connectivity index (χ3n) is 4.25. The third kappa shape index (κ3) is 6.82. The standard InChI is InChI=1S/C22H21N5O4S2/c1-15-3-5-16(6-4-15)7-12-19(28)26-22(32)25-17-8-10-18(11-9-17)33(29,30)27-20-21(31-2)24-14-13-23-20/h3-14H,1-2H3,(H,23,27)(H2,25,26,28,32). The van der Waals surface area contributed by atoms with Crippen LogP contribution in [0.3, 0.4) is 0 Å². The minimum absolute atomic E-state index is 0.00302. The summed E-state index contributed by atoms with van der Waals surface area (Å²) >= 11 is 5.14. The van der Waals surface area contributed by atoms with Gasteiger partial charge in [-0.3, -0.25) is 14.8 Å². The van der Waals surface area contributed by atoms with Crippen LogP contribution in [0.2, 0.25) is 0 Å². The second-order valence-corrected chi connectivity index (χ2v) is 8.82. The van der Waals surface area contributed by atoms with E-state index in [4.69, 9.17) is 17.0 Å². The fraction of sp³-hybridized carbons (Fsp3) is 0.0909. The molecule has 33 heavy (non-hydrogen) atoms. The van der Waals surface area contributed by atoms with Gasteiger partial charge in [0.15, 0.2) is 5.11 Å². The number of thiocarbonyl (C=S) groups is 1. The molecule has 0 aliphatic rings. The molecule has 0 fully saturated rings. The maximum Gasteiger partial charge on any atom is 0.263 e. The summed E-state index contributed by atoms with van der Waals surface area (Å²) in [5.41, 5.74) is 2.52. The zero-order chi connectivity index (χ0) is 23.8. The van der Waals surface area contributed by atoms with Gasteiger partial charge in [0.1, 0.15) is 0 Å². The van der Waals surface area contributed by atoms with Crippen LogP contribution in [-0.2, 0) is 14.8 Å². The van der Waals surface area contributed by atoms with Crippen LogP contribution < -0.4 is 20.1 Å². The van der Waals surface area contributed by atoms with Gasteiger partial charge < -0.3 is 10.1 Å². The molecule has 3 N–H and O–H groups in total. The Labute approximate surface area is 197 Å².